The van der Waals surface area contributed by atoms with Crippen LogP contribution in [-0.2, 0) is 4.74 Å². The lowest BCUT2D eigenvalue weighted by atomic mass is 9.99. The fourth-order valence-electron chi connectivity index (χ4n) is 2.58. The summed E-state index contributed by atoms with van der Waals surface area (Å²) in [5.74, 6) is 0. The normalized spacial score (nSPS) is 31.4. The predicted molar refractivity (Wildman–Crippen MR) is 62.1 cm³/mol. The van der Waals surface area contributed by atoms with Crippen molar-refractivity contribution in [1.29, 1.82) is 0 Å². The Balaban J connectivity index is 1.82. The Morgan fingerprint density at radius 3 is 2.80 bits per heavy atom. The Labute approximate surface area is 93.2 Å². The average Bonchev–Trinajstić information content (AvgIpc) is 2.98. The van der Waals surface area contributed by atoms with Gasteiger partial charge in [-0.15, -0.1) is 0 Å². The number of methoxy groups -OCH3 is 1. The molecule has 0 amide bonds. The molecule has 1 aliphatic heterocycles. The summed E-state index contributed by atoms with van der Waals surface area (Å²) in [4.78, 5) is 2.61. The zero-order valence-corrected chi connectivity index (χ0v) is 10.1. The van der Waals surface area contributed by atoms with E-state index in [1.54, 1.807) is 7.11 Å². The highest BCUT2D eigenvalue weighted by molar-refractivity contribution is 4.95. The summed E-state index contributed by atoms with van der Waals surface area (Å²) in [5, 5.41) is 3.64. The van der Waals surface area contributed by atoms with E-state index in [-0.39, 0.29) is 0 Å². The molecule has 0 bridgehead atoms. The first-order valence-electron chi connectivity index (χ1n) is 6.21. The maximum absolute atomic E-state index is 5.19. The van der Waals surface area contributed by atoms with Crippen LogP contribution < -0.4 is 5.32 Å². The van der Waals surface area contributed by atoms with Crippen LogP contribution in [0.25, 0.3) is 0 Å². The van der Waals surface area contributed by atoms with Crippen molar-refractivity contribution in [2.45, 2.75) is 44.2 Å². The van der Waals surface area contributed by atoms with Gasteiger partial charge in [0.2, 0.25) is 0 Å². The van der Waals surface area contributed by atoms with Crippen LogP contribution in [0.4, 0.5) is 0 Å². The number of ether oxygens (including phenoxy) is 1. The van der Waals surface area contributed by atoms with Gasteiger partial charge in [0.1, 0.15) is 0 Å². The van der Waals surface area contributed by atoms with Gasteiger partial charge in [0.25, 0.3) is 0 Å². The van der Waals surface area contributed by atoms with Crippen LogP contribution in [0.15, 0.2) is 0 Å². The molecule has 88 valence electrons. The minimum atomic E-state index is 0.357. The van der Waals surface area contributed by atoms with Gasteiger partial charge >= 0.3 is 0 Å². The number of rotatable bonds is 6. The van der Waals surface area contributed by atoms with Crippen molar-refractivity contribution >= 4 is 0 Å². The molecule has 1 N–H and O–H groups in total. The molecule has 1 saturated heterocycles. The Bertz CT molecular complexity index is 198. The van der Waals surface area contributed by atoms with Crippen LogP contribution in [0.3, 0.4) is 0 Å². The molecule has 0 aromatic carbocycles. The number of hydrogen-bond acceptors (Lipinski definition) is 3. The van der Waals surface area contributed by atoms with Gasteiger partial charge in [0, 0.05) is 31.8 Å². The second-order valence-electron chi connectivity index (χ2n) is 5.29. The van der Waals surface area contributed by atoms with Gasteiger partial charge < -0.3 is 10.1 Å². The molecule has 1 heterocycles. The fraction of sp³-hybridized carbons (Fsp3) is 1.00. The minimum absolute atomic E-state index is 0.357. The number of nitrogens with zero attached hydrogens (tertiary/aromatic N) is 1. The molecule has 0 radical (unpaired) electrons. The van der Waals surface area contributed by atoms with Crippen molar-refractivity contribution in [2.75, 3.05) is 33.4 Å². The van der Waals surface area contributed by atoms with Gasteiger partial charge in [-0.25, -0.2) is 0 Å². The summed E-state index contributed by atoms with van der Waals surface area (Å²) < 4.78 is 5.19. The van der Waals surface area contributed by atoms with Crippen LogP contribution in [0.5, 0.6) is 0 Å². The smallest absolute Gasteiger partial charge is 0.0589 e. The van der Waals surface area contributed by atoms with E-state index in [2.05, 4.69) is 17.1 Å². The second-order valence-corrected chi connectivity index (χ2v) is 5.29. The fourth-order valence-corrected chi connectivity index (χ4v) is 2.58. The summed E-state index contributed by atoms with van der Waals surface area (Å²) in [6.07, 6.45) is 5.43. The van der Waals surface area contributed by atoms with Crippen LogP contribution >= 0.6 is 0 Å². The van der Waals surface area contributed by atoms with Gasteiger partial charge in [0.15, 0.2) is 0 Å². The second kappa shape index (κ2) is 4.81. The number of nitrogens with one attached hydrogen (secondary N) is 1. The summed E-state index contributed by atoms with van der Waals surface area (Å²) in [6, 6.07) is 0.847. The van der Waals surface area contributed by atoms with E-state index < -0.39 is 0 Å². The topological polar surface area (TPSA) is 24.5 Å². The van der Waals surface area contributed by atoms with Crippen molar-refractivity contribution in [2.24, 2.45) is 0 Å². The molecule has 2 rings (SSSR count). The van der Waals surface area contributed by atoms with E-state index in [0.717, 1.165) is 19.2 Å². The molecule has 1 unspecified atom stereocenters. The third kappa shape index (κ3) is 3.16. The first kappa shape index (κ1) is 11.4. The highest BCUT2D eigenvalue weighted by Crippen LogP contribution is 2.29. The quantitative estimate of drug-likeness (QED) is 0.717. The molecule has 3 heteroatoms. The predicted octanol–water partition coefficient (Wildman–Crippen LogP) is 1.24. The van der Waals surface area contributed by atoms with Crippen molar-refractivity contribution < 1.29 is 4.74 Å². The summed E-state index contributed by atoms with van der Waals surface area (Å²) >= 11 is 0. The van der Waals surface area contributed by atoms with Gasteiger partial charge in [0.05, 0.1) is 6.61 Å². The van der Waals surface area contributed by atoms with Gasteiger partial charge in [-0.3, -0.25) is 4.90 Å². The Hall–Kier alpha value is -0.120. The first-order chi connectivity index (χ1) is 7.23. The Morgan fingerprint density at radius 1 is 1.47 bits per heavy atom. The van der Waals surface area contributed by atoms with E-state index in [1.165, 1.54) is 38.8 Å². The molecule has 0 spiro atoms. The largest absolute Gasteiger partial charge is 0.383 e. The van der Waals surface area contributed by atoms with Crippen LogP contribution in [-0.4, -0.2) is 49.8 Å². The highest BCUT2D eigenvalue weighted by atomic mass is 16.5. The SMILES string of the molecule is COCCN(CC1(C)CCCN1)C1CC1. The van der Waals surface area contributed by atoms with E-state index in [0.29, 0.717) is 5.54 Å². The monoisotopic (exact) mass is 212 g/mol. The van der Waals surface area contributed by atoms with Crippen molar-refractivity contribution in [3.63, 3.8) is 0 Å². The molecule has 1 atom stereocenters. The zero-order chi connectivity index (χ0) is 10.7. The molecule has 0 aromatic rings. The maximum Gasteiger partial charge on any atom is 0.0589 e. The van der Waals surface area contributed by atoms with Crippen LogP contribution in [0.1, 0.15) is 32.6 Å². The minimum Gasteiger partial charge on any atom is -0.383 e. The standard InChI is InChI=1S/C12H24N2O/c1-12(6-3-7-13-12)10-14(8-9-15-2)11-4-5-11/h11,13H,3-10H2,1-2H3. The maximum atomic E-state index is 5.19. The average molecular weight is 212 g/mol. The molecule has 2 fully saturated rings. The lowest BCUT2D eigenvalue weighted by Crippen LogP contribution is -2.49. The molecule has 3 nitrogen and oxygen atoms in total. The van der Waals surface area contributed by atoms with Crippen molar-refractivity contribution in [1.82, 2.24) is 10.2 Å². The first-order valence-corrected chi connectivity index (χ1v) is 6.21. The molecular formula is C12H24N2O. The summed E-state index contributed by atoms with van der Waals surface area (Å²) in [6.45, 7) is 6.72. The molecule has 2 aliphatic rings. The third-order valence-corrected chi connectivity index (χ3v) is 3.66. The molecule has 0 aromatic heterocycles. The summed E-state index contributed by atoms with van der Waals surface area (Å²) in [7, 11) is 1.79. The third-order valence-electron chi connectivity index (χ3n) is 3.66. The Morgan fingerprint density at radius 2 is 2.27 bits per heavy atom. The van der Waals surface area contributed by atoms with Crippen LogP contribution in [0, 0.1) is 0 Å². The van der Waals surface area contributed by atoms with E-state index in [1.807, 2.05) is 0 Å². The lowest BCUT2D eigenvalue weighted by molar-refractivity contribution is 0.124. The zero-order valence-electron chi connectivity index (χ0n) is 10.1. The molecule has 1 aliphatic carbocycles. The molecule has 1 saturated carbocycles. The van der Waals surface area contributed by atoms with Gasteiger partial charge in [-0.1, -0.05) is 0 Å². The Kier molecular flexibility index (Phi) is 3.65. The van der Waals surface area contributed by atoms with Crippen LogP contribution in [0.2, 0.25) is 0 Å². The highest BCUT2D eigenvalue weighted by Gasteiger charge is 2.36. The molecule has 15 heavy (non-hydrogen) atoms. The van der Waals surface area contributed by atoms with E-state index in [9.17, 15) is 0 Å². The number of hydrogen-bond donors (Lipinski definition) is 1. The van der Waals surface area contributed by atoms with E-state index >= 15 is 0 Å². The summed E-state index contributed by atoms with van der Waals surface area (Å²) in [5.41, 5.74) is 0.357. The molecular weight excluding hydrogens is 188 g/mol. The van der Waals surface area contributed by atoms with Gasteiger partial charge in [-0.2, -0.15) is 0 Å². The lowest BCUT2D eigenvalue weighted by Gasteiger charge is -2.32. The van der Waals surface area contributed by atoms with Crippen molar-refractivity contribution in [3.05, 3.63) is 0 Å². The van der Waals surface area contributed by atoms with E-state index in [4.69, 9.17) is 4.74 Å². The van der Waals surface area contributed by atoms with Crippen molar-refractivity contribution in [3.8, 4) is 0 Å². The van der Waals surface area contributed by atoms with Gasteiger partial charge in [-0.05, 0) is 39.2 Å².